The van der Waals surface area contributed by atoms with E-state index in [9.17, 15) is 0 Å². The van der Waals surface area contributed by atoms with E-state index in [0.717, 1.165) is 30.6 Å². The fraction of sp³-hybridized carbons (Fsp3) is 0.600. The summed E-state index contributed by atoms with van der Waals surface area (Å²) in [4.78, 5) is 2.47. The fourth-order valence-electron chi connectivity index (χ4n) is 2.86. The average Bonchev–Trinajstić information content (AvgIpc) is 3.16. The minimum Gasteiger partial charge on any atom is -0.369 e. The molecule has 98 valence electrons. The summed E-state index contributed by atoms with van der Waals surface area (Å²) in [5, 5.41) is 4.62. The molecule has 0 amide bonds. The van der Waals surface area contributed by atoms with Gasteiger partial charge in [0.1, 0.15) is 0 Å². The maximum atomic E-state index is 6.46. The standard InChI is InChI=1S/C15H21ClN2/c1-11-4-2-5-14(15(11)16)18-9-3-8-17-13(10-18)12-6-7-12/h2,4-5,12-13,17H,3,6-10H2,1H3. The van der Waals surface area contributed by atoms with Crippen molar-refractivity contribution in [2.75, 3.05) is 24.5 Å². The van der Waals surface area contributed by atoms with Crippen molar-refractivity contribution in [3.8, 4) is 0 Å². The van der Waals surface area contributed by atoms with Crippen LogP contribution in [0.1, 0.15) is 24.8 Å². The van der Waals surface area contributed by atoms with Gasteiger partial charge in [-0.1, -0.05) is 23.7 Å². The van der Waals surface area contributed by atoms with E-state index in [1.54, 1.807) is 0 Å². The van der Waals surface area contributed by atoms with E-state index in [1.807, 2.05) is 0 Å². The van der Waals surface area contributed by atoms with E-state index in [2.05, 4.69) is 35.3 Å². The molecule has 3 rings (SSSR count). The molecule has 3 heteroatoms. The molecule has 1 unspecified atom stereocenters. The average molecular weight is 265 g/mol. The van der Waals surface area contributed by atoms with Gasteiger partial charge in [0.05, 0.1) is 10.7 Å². The lowest BCUT2D eigenvalue weighted by atomic mass is 10.1. The Labute approximate surface area is 114 Å². The number of hydrogen-bond acceptors (Lipinski definition) is 2. The first kappa shape index (κ1) is 12.3. The zero-order valence-electron chi connectivity index (χ0n) is 11.0. The molecule has 0 bridgehead atoms. The monoisotopic (exact) mass is 264 g/mol. The first-order valence-electron chi connectivity index (χ1n) is 6.99. The van der Waals surface area contributed by atoms with Crippen LogP contribution in [0.5, 0.6) is 0 Å². The van der Waals surface area contributed by atoms with Crippen molar-refractivity contribution in [3.05, 3.63) is 28.8 Å². The predicted molar refractivity (Wildman–Crippen MR) is 77.5 cm³/mol. The minimum absolute atomic E-state index is 0.657. The van der Waals surface area contributed by atoms with Crippen LogP contribution in [-0.2, 0) is 0 Å². The van der Waals surface area contributed by atoms with Gasteiger partial charge in [0.25, 0.3) is 0 Å². The highest BCUT2D eigenvalue weighted by molar-refractivity contribution is 6.34. The zero-order chi connectivity index (χ0) is 12.5. The molecule has 2 nitrogen and oxygen atoms in total. The Morgan fingerprint density at radius 3 is 2.94 bits per heavy atom. The molecular formula is C15H21ClN2. The highest BCUT2D eigenvalue weighted by Crippen LogP contribution is 2.35. The van der Waals surface area contributed by atoms with Crippen LogP contribution in [0.3, 0.4) is 0 Å². The molecule has 18 heavy (non-hydrogen) atoms. The highest BCUT2D eigenvalue weighted by Gasteiger charge is 2.33. The summed E-state index contributed by atoms with van der Waals surface area (Å²) in [6, 6.07) is 7.01. The molecule has 1 atom stereocenters. The Morgan fingerprint density at radius 1 is 1.33 bits per heavy atom. The van der Waals surface area contributed by atoms with Gasteiger partial charge in [-0.3, -0.25) is 0 Å². The van der Waals surface area contributed by atoms with Crippen LogP contribution in [0.15, 0.2) is 18.2 Å². The van der Waals surface area contributed by atoms with E-state index < -0.39 is 0 Å². The third kappa shape index (κ3) is 2.50. The molecule has 0 aromatic heterocycles. The van der Waals surface area contributed by atoms with Crippen LogP contribution in [0.2, 0.25) is 5.02 Å². The second-order valence-corrected chi connectivity index (χ2v) is 5.98. The third-order valence-corrected chi connectivity index (χ3v) is 4.62. The highest BCUT2D eigenvalue weighted by atomic mass is 35.5. The van der Waals surface area contributed by atoms with E-state index in [1.165, 1.54) is 30.5 Å². The van der Waals surface area contributed by atoms with Crippen molar-refractivity contribution in [1.29, 1.82) is 0 Å². The number of nitrogens with one attached hydrogen (secondary N) is 1. The SMILES string of the molecule is Cc1cccc(N2CCCNC(C3CC3)C2)c1Cl. The van der Waals surface area contributed by atoms with Crippen LogP contribution in [0.25, 0.3) is 0 Å². The number of halogens is 1. The van der Waals surface area contributed by atoms with Crippen molar-refractivity contribution in [2.24, 2.45) is 5.92 Å². The first-order chi connectivity index (χ1) is 8.75. The van der Waals surface area contributed by atoms with Crippen LogP contribution < -0.4 is 10.2 Å². The maximum Gasteiger partial charge on any atom is 0.0668 e. The van der Waals surface area contributed by atoms with Gasteiger partial charge in [0.2, 0.25) is 0 Å². The number of rotatable bonds is 2. The predicted octanol–water partition coefficient (Wildman–Crippen LogP) is 3.23. The van der Waals surface area contributed by atoms with Crippen molar-refractivity contribution in [2.45, 2.75) is 32.2 Å². The van der Waals surface area contributed by atoms with Gasteiger partial charge in [-0.15, -0.1) is 0 Å². The molecule has 0 radical (unpaired) electrons. The smallest absolute Gasteiger partial charge is 0.0668 e. The van der Waals surface area contributed by atoms with Gasteiger partial charge < -0.3 is 10.2 Å². The Balaban J connectivity index is 1.82. The largest absolute Gasteiger partial charge is 0.369 e. The van der Waals surface area contributed by atoms with Gasteiger partial charge in [0, 0.05) is 19.1 Å². The molecule has 1 saturated carbocycles. The van der Waals surface area contributed by atoms with Gasteiger partial charge >= 0.3 is 0 Å². The molecule has 0 spiro atoms. The number of nitrogens with zero attached hydrogens (tertiary/aromatic N) is 1. The molecule has 1 aliphatic heterocycles. The summed E-state index contributed by atoms with van der Waals surface area (Å²) in [6.45, 7) is 5.44. The normalized spacial score (nSPS) is 25.0. The second kappa shape index (κ2) is 5.10. The van der Waals surface area contributed by atoms with Crippen LogP contribution >= 0.6 is 11.6 Å². The molecule has 1 aromatic carbocycles. The third-order valence-electron chi connectivity index (χ3n) is 4.13. The van der Waals surface area contributed by atoms with E-state index in [4.69, 9.17) is 11.6 Å². The lowest BCUT2D eigenvalue weighted by Gasteiger charge is -2.27. The van der Waals surface area contributed by atoms with Gasteiger partial charge in [-0.25, -0.2) is 0 Å². The van der Waals surface area contributed by atoms with Crippen LogP contribution in [0.4, 0.5) is 5.69 Å². The lowest BCUT2D eigenvalue weighted by Crippen LogP contribution is -2.39. The van der Waals surface area contributed by atoms with Gasteiger partial charge in [-0.05, 0) is 50.3 Å². The second-order valence-electron chi connectivity index (χ2n) is 5.61. The topological polar surface area (TPSA) is 15.3 Å². The summed E-state index contributed by atoms with van der Waals surface area (Å²) < 4.78 is 0. The van der Waals surface area contributed by atoms with Crippen molar-refractivity contribution in [1.82, 2.24) is 5.32 Å². The van der Waals surface area contributed by atoms with E-state index in [0.29, 0.717) is 6.04 Å². The van der Waals surface area contributed by atoms with E-state index in [-0.39, 0.29) is 0 Å². The summed E-state index contributed by atoms with van der Waals surface area (Å²) in [7, 11) is 0. The lowest BCUT2D eigenvalue weighted by molar-refractivity contribution is 0.490. The van der Waals surface area contributed by atoms with Crippen LogP contribution in [-0.4, -0.2) is 25.7 Å². The molecule has 1 saturated heterocycles. The minimum atomic E-state index is 0.657. The molecule has 2 aliphatic rings. The Hall–Kier alpha value is -0.730. The fourth-order valence-corrected chi connectivity index (χ4v) is 3.11. The summed E-state index contributed by atoms with van der Waals surface area (Å²) in [5.74, 6) is 0.897. The molecule has 2 fully saturated rings. The Morgan fingerprint density at radius 2 is 2.17 bits per heavy atom. The number of aryl methyl sites for hydroxylation is 1. The quantitative estimate of drug-likeness (QED) is 0.882. The molecule has 1 aromatic rings. The molecular weight excluding hydrogens is 244 g/mol. The number of anilines is 1. The molecule has 1 N–H and O–H groups in total. The maximum absolute atomic E-state index is 6.46. The van der Waals surface area contributed by atoms with Crippen molar-refractivity contribution < 1.29 is 0 Å². The number of benzene rings is 1. The zero-order valence-corrected chi connectivity index (χ0v) is 11.7. The molecule has 1 aliphatic carbocycles. The van der Waals surface area contributed by atoms with Crippen molar-refractivity contribution in [3.63, 3.8) is 0 Å². The van der Waals surface area contributed by atoms with Crippen molar-refractivity contribution >= 4 is 17.3 Å². The summed E-state index contributed by atoms with van der Waals surface area (Å²) in [5.41, 5.74) is 2.39. The summed E-state index contributed by atoms with van der Waals surface area (Å²) >= 11 is 6.46. The molecule has 1 heterocycles. The van der Waals surface area contributed by atoms with E-state index >= 15 is 0 Å². The van der Waals surface area contributed by atoms with Gasteiger partial charge in [0.15, 0.2) is 0 Å². The summed E-state index contributed by atoms with van der Waals surface area (Å²) in [6.07, 6.45) is 3.99. The first-order valence-corrected chi connectivity index (χ1v) is 7.37. The van der Waals surface area contributed by atoms with Gasteiger partial charge in [-0.2, -0.15) is 0 Å². The number of hydrogen-bond donors (Lipinski definition) is 1. The Kier molecular flexibility index (Phi) is 3.49. The Bertz CT molecular complexity index is 429. The van der Waals surface area contributed by atoms with Crippen LogP contribution in [0, 0.1) is 12.8 Å².